The van der Waals surface area contributed by atoms with E-state index in [2.05, 4.69) is 5.10 Å². The largest absolute Gasteiger partial charge is 0.272 e. The highest BCUT2D eigenvalue weighted by molar-refractivity contribution is 6.13. The SMILES string of the molecule is CC(C)C1=NN(c2cccc(F)c2)C(=O)C1. The normalized spacial score (nSPS) is 15.9. The molecule has 84 valence electrons. The molecule has 0 N–H and O–H groups in total. The summed E-state index contributed by atoms with van der Waals surface area (Å²) in [5, 5.41) is 5.49. The van der Waals surface area contributed by atoms with Crippen LogP contribution in [0.3, 0.4) is 0 Å². The standard InChI is InChI=1S/C12H13FN2O/c1-8(2)11-7-12(16)15(14-11)10-5-3-4-9(13)6-10/h3-6,8H,7H2,1-2H3. The van der Waals surface area contributed by atoms with Gasteiger partial charge in [0, 0.05) is 0 Å². The number of carbonyl (C=O) groups is 1. The van der Waals surface area contributed by atoms with E-state index >= 15 is 0 Å². The Hall–Kier alpha value is -1.71. The van der Waals surface area contributed by atoms with Crippen LogP contribution in [0.2, 0.25) is 0 Å². The summed E-state index contributed by atoms with van der Waals surface area (Å²) >= 11 is 0. The van der Waals surface area contributed by atoms with Crippen LogP contribution in [0.5, 0.6) is 0 Å². The van der Waals surface area contributed by atoms with Crippen molar-refractivity contribution in [2.45, 2.75) is 20.3 Å². The molecule has 4 heteroatoms. The second kappa shape index (κ2) is 4.04. The number of rotatable bonds is 2. The average Bonchev–Trinajstić information content (AvgIpc) is 2.60. The molecule has 0 radical (unpaired) electrons. The van der Waals surface area contributed by atoms with Gasteiger partial charge in [-0.15, -0.1) is 0 Å². The van der Waals surface area contributed by atoms with E-state index in [4.69, 9.17) is 0 Å². The van der Waals surface area contributed by atoms with Gasteiger partial charge < -0.3 is 0 Å². The molecule has 1 aliphatic rings. The molecule has 1 aromatic rings. The molecule has 0 atom stereocenters. The van der Waals surface area contributed by atoms with Gasteiger partial charge in [-0.2, -0.15) is 5.10 Å². The first-order valence-corrected chi connectivity index (χ1v) is 5.24. The third-order valence-corrected chi connectivity index (χ3v) is 2.52. The molecule has 16 heavy (non-hydrogen) atoms. The van der Waals surface area contributed by atoms with E-state index in [0.29, 0.717) is 12.1 Å². The van der Waals surface area contributed by atoms with E-state index in [9.17, 15) is 9.18 Å². The molecule has 1 heterocycles. The van der Waals surface area contributed by atoms with E-state index < -0.39 is 0 Å². The van der Waals surface area contributed by atoms with Crippen molar-refractivity contribution in [2.24, 2.45) is 11.0 Å². The van der Waals surface area contributed by atoms with Gasteiger partial charge in [-0.3, -0.25) is 4.79 Å². The van der Waals surface area contributed by atoms with E-state index in [1.54, 1.807) is 12.1 Å². The lowest BCUT2D eigenvalue weighted by Gasteiger charge is -2.11. The highest BCUT2D eigenvalue weighted by Gasteiger charge is 2.26. The third-order valence-electron chi connectivity index (χ3n) is 2.52. The fourth-order valence-corrected chi connectivity index (χ4v) is 1.58. The minimum Gasteiger partial charge on any atom is -0.272 e. The Balaban J connectivity index is 2.31. The molecule has 0 aliphatic carbocycles. The van der Waals surface area contributed by atoms with Crippen LogP contribution in [0.1, 0.15) is 20.3 Å². The summed E-state index contributed by atoms with van der Waals surface area (Å²) in [7, 11) is 0. The maximum Gasteiger partial charge on any atom is 0.253 e. The van der Waals surface area contributed by atoms with E-state index in [1.165, 1.54) is 17.1 Å². The van der Waals surface area contributed by atoms with Crippen LogP contribution in [-0.2, 0) is 4.79 Å². The van der Waals surface area contributed by atoms with Crippen molar-refractivity contribution in [1.82, 2.24) is 0 Å². The lowest BCUT2D eigenvalue weighted by Crippen LogP contribution is -2.19. The summed E-state index contributed by atoms with van der Waals surface area (Å²) in [5.41, 5.74) is 1.33. The lowest BCUT2D eigenvalue weighted by atomic mass is 10.1. The summed E-state index contributed by atoms with van der Waals surface area (Å²) < 4.78 is 13.0. The Kier molecular flexibility index (Phi) is 2.73. The van der Waals surface area contributed by atoms with Gasteiger partial charge in [-0.1, -0.05) is 19.9 Å². The van der Waals surface area contributed by atoms with Crippen LogP contribution < -0.4 is 5.01 Å². The van der Waals surface area contributed by atoms with E-state index in [-0.39, 0.29) is 17.6 Å². The fraction of sp³-hybridized carbons (Fsp3) is 0.333. The molecule has 0 saturated carbocycles. The molecule has 0 fully saturated rings. The molecule has 3 nitrogen and oxygen atoms in total. The number of anilines is 1. The average molecular weight is 220 g/mol. The van der Waals surface area contributed by atoms with Crippen LogP contribution in [0.25, 0.3) is 0 Å². The number of amides is 1. The molecule has 1 aliphatic heterocycles. The first-order chi connectivity index (χ1) is 7.58. The number of nitrogens with zero attached hydrogens (tertiary/aromatic N) is 2. The maximum absolute atomic E-state index is 13.0. The fourth-order valence-electron chi connectivity index (χ4n) is 1.58. The van der Waals surface area contributed by atoms with E-state index in [1.807, 2.05) is 13.8 Å². The Morgan fingerprint density at radius 1 is 1.44 bits per heavy atom. The molecule has 2 rings (SSSR count). The lowest BCUT2D eigenvalue weighted by molar-refractivity contribution is -0.116. The van der Waals surface area contributed by atoms with Gasteiger partial charge in [0.2, 0.25) is 0 Å². The zero-order chi connectivity index (χ0) is 11.7. The van der Waals surface area contributed by atoms with Crippen molar-refractivity contribution in [3.8, 4) is 0 Å². The zero-order valence-corrected chi connectivity index (χ0v) is 9.27. The molecular formula is C12H13FN2O. The minimum atomic E-state index is -0.363. The zero-order valence-electron chi connectivity index (χ0n) is 9.27. The molecule has 0 aromatic heterocycles. The highest BCUT2D eigenvalue weighted by Crippen LogP contribution is 2.23. The Morgan fingerprint density at radius 2 is 2.19 bits per heavy atom. The van der Waals surface area contributed by atoms with Crippen molar-refractivity contribution < 1.29 is 9.18 Å². The van der Waals surface area contributed by atoms with Gasteiger partial charge >= 0.3 is 0 Å². The van der Waals surface area contributed by atoms with Crippen molar-refractivity contribution in [3.05, 3.63) is 30.1 Å². The van der Waals surface area contributed by atoms with Gasteiger partial charge in [0.15, 0.2) is 0 Å². The molecule has 0 bridgehead atoms. The predicted molar refractivity (Wildman–Crippen MR) is 60.8 cm³/mol. The molecule has 0 spiro atoms. The number of hydrazone groups is 1. The van der Waals surface area contributed by atoms with Crippen LogP contribution in [-0.4, -0.2) is 11.6 Å². The number of halogens is 1. The van der Waals surface area contributed by atoms with Gasteiger partial charge in [0.25, 0.3) is 5.91 Å². The number of benzene rings is 1. The van der Waals surface area contributed by atoms with Crippen molar-refractivity contribution in [3.63, 3.8) is 0 Å². The summed E-state index contributed by atoms with van der Waals surface area (Å²) in [6.45, 7) is 3.97. The highest BCUT2D eigenvalue weighted by atomic mass is 19.1. The van der Waals surface area contributed by atoms with Crippen LogP contribution in [0, 0.1) is 11.7 Å². The Labute approximate surface area is 93.6 Å². The predicted octanol–water partition coefficient (Wildman–Crippen LogP) is 2.57. The summed E-state index contributed by atoms with van der Waals surface area (Å²) in [6, 6.07) is 5.90. The molecular weight excluding hydrogens is 207 g/mol. The number of hydrogen-bond acceptors (Lipinski definition) is 2. The van der Waals surface area contributed by atoms with Gasteiger partial charge in [0.05, 0.1) is 17.8 Å². The summed E-state index contributed by atoms with van der Waals surface area (Å²) in [6.07, 6.45) is 0.328. The quantitative estimate of drug-likeness (QED) is 0.754. The van der Waals surface area contributed by atoms with Gasteiger partial charge in [-0.05, 0) is 24.1 Å². The monoisotopic (exact) mass is 220 g/mol. The second-order valence-corrected chi connectivity index (χ2v) is 4.11. The van der Waals surface area contributed by atoms with E-state index in [0.717, 1.165) is 5.71 Å². The van der Waals surface area contributed by atoms with Gasteiger partial charge in [-0.25, -0.2) is 9.40 Å². The third kappa shape index (κ3) is 1.96. The number of hydrogen-bond donors (Lipinski definition) is 0. The first-order valence-electron chi connectivity index (χ1n) is 5.24. The second-order valence-electron chi connectivity index (χ2n) is 4.11. The first kappa shape index (κ1) is 10.8. The van der Waals surface area contributed by atoms with Crippen molar-refractivity contribution in [1.29, 1.82) is 0 Å². The minimum absolute atomic E-state index is 0.102. The topological polar surface area (TPSA) is 32.7 Å². The molecule has 0 unspecified atom stereocenters. The van der Waals surface area contributed by atoms with Crippen molar-refractivity contribution in [2.75, 3.05) is 5.01 Å². The van der Waals surface area contributed by atoms with Crippen LogP contribution in [0.4, 0.5) is 10.1 Å². The number of carbonyl (C=O) groups excluding carboxylic acids is 1. The molecule has 1 amide bonds. The smallest absolute Gasteiger partial charge is 0.253 e. The van der Waals surface area contributed by atoms with Crippen molar-refractivity contribution >= 4 is 17.3 Å². The molecule has 0 saturated heterocycles. The Morgan fingerprint density at radius 3 is 2.75 bits per heavy atom. The Bertz CT molecular complexity index is 454. The summed E-state index contributed by atoms with van der Waals surface area (Å²) in [4.78, 5) is 11.7. The van der Waals surface area contributed by atoms with Crippen LogP contribution in [0.15, 0.2) is 29.4 Å². The molecule has 1 aromatic carbocycles. The summed E-state index contributed by atoms with van der Waals surface area (Å²) in [5.74, 6) is -0.227. The van der Waals surface area contributed by atoms with Crippen LogP contribution >= 0.6 is 0 Å². The van der Waals surface area contributed by atoms with Gasteiger partial charge in [0.1, 0.15) is 5.82 Å². The maximum atomic E-state index is 13.0.